The maximum absolute atomic E-state index is 8.29. The summed E-state index contributed by atoms with van der Waals surface area (Å²) >= 11 is 0. The maximum atomic E-state index is 8.29. The van der Waals surface area contributed by atoms with Crippen LogP contribution in [0.15, 0.2) is 0 Å². The fraction of sp³-hybridized carbons (Fsp3) is 0.875. The number of nitrogens with zero attached hydrogens (tertiary/aromatic N) is 1. The molecule has 0 aliphatic carbocycles. The number of hydrogen-bond acceptors (Lipinski definition) is 2. The van der Waals surface area contributed by atoms with Gasteiger partial charge in [-0.1, -0.05) is 0 Å². The van der Waals surface area contributed by atoms with E-state index in [2.05, 4.69) is 6.07 Å². The standard InChI is InChI=1S/C8H13NO/c9-6-3-5-8-4-1-2-7-10-8/h8H,1-5,7H2. The van der Waals surface area contributed by atoms with Gasteiger partial charge in [-0.3, -0.25) is 0 Å². The van der Waals surface area contributed by atoms with Crippen LogP contribution in [0.3, 0.4) is 0 Å². The molecule has 2 heteroatoms. The van der Waals surface area contributed by atoms with Crippen LogP contribution in [0.25, 0.3) is 0 Å². The van der Waals surface area contributed by atoms with Gasteiger partial charge in [0.1, 0.15) is 0 Å². The van der Waals surface area contributed by atoms with Gasteiger partial charge in [0.2, 0.25) is 0 Å². The largest absolute Gasteiger partial charge is 0.378 e. The molecule has 1 aliphatic rings. The van der Waals surface area contributed by atoms with Gasteiger partial charge in [0.05, 0.1) is 12.2 Å². The molecule has 0 spiro atoms. The van der Waals surface area contributed by atoms with Crippen molar-refractivity contribution in [2.24, 2.45) is 0 Å². The highest BCUT2D eigenvalue weighted by Gasteiger charge is 2.12. The highest BCUT2D eigenvalue weighted by atomic mass is 16.5. The molecule has 0 bridgehead atoms. The van der Waals surface area contributed by atoms with Crippen LogP contribution in [0.2, 0.25) is 0 Å². The third kappa shape index (κ3) is 2.36. The maximum Gasteiger partial charge on any atom is 0.0622 e. The van der Waals surface area contributed by atoms with Gasteiger partial charge in [-0.25, -0.2) is 0 Å². The van der Waals surface area contributed by atoms with Gasteiger partial charge >= 0.3 is 0 Å². The second kappa shape index (κ2) is 4.29. The zero-order chi connectivity index (χ0) is 7.23. The smallest absolute Gasteiger partial charge is 0.0622 e. The lowest BCUT2D eigenvalue weighted by Crippen LogP contribution is -2.18. The molecule has 56 valence electrons. The Morgan fingerprint density at radius 2 is 2.40 bits per heavy atom. The molecule has 0 amide bonds. The van der Waals surface area contributed by atoms with E-state index in [4.69, 9.17) is 10.00 Å². The molecule has 1 saturated heterocycles. The summed E-state index contributed by atoms with van der Waals surface area (Å²) in [5, 5.41) is 8.29. The van der Waals surface area contributed by atoms with E-state index in [-0.39, 0.29) is 0 Å². The topological polar surface area (TPSA) is 33.0 Å². The van der Waals surface area contributed by atoms with Crippen LogP contribution in [0, 0.1) is 11.3 Å². The van der Waals surface area contributed by atoms with Gasteiger partial charge in [-0.15, -0.1) is 0 Å². The zero-order valence-corrected chi connectivity index (χ0v) is 6.18. The molecule has 1 fully saturated rings. The fourth-order valence-electron chi connectivity index (χ4n) is 1.26. The molecular formula is C8H13NO. The van der Waals surface area contributed by atoms with Crippen molar-refractivity contribution < 1.29 is 4.74 Å². The van der Waals surface area contributed by atoms with E-state index in [9.17, 15) is 0 Å². The zero-order valence-electron chi connectivity index (χ0n) is 6.18. The average molecular weight is 139 g/mol. The van der Waals surface area contributed by atoms with Gasteiger partial charge in [0.25, 0.3) is 0 Å². The summed E-state index contributed by atoms with van der Waals surface area (Å²) in [6.45, 7) is 0.899. The predicted molar refractivity (Wildman–Crippen MR) is 38.4 cm³/mol. The fourth-order valence-corrected chi connectivity index (χ4v) is 1.26. The minimum Gasteiger partial charge on any atom is -0.378 e. The highest BCUT2D eigenvalue weighted by Crippen LogP contribution is 2.16. The second-order valence-electron chi connectivity index (χ2n) is 2.69. The molecule has 1 heterocycles. The first-order chi connectivity index (χ1) is 4.93. The van der Waals surface area contributed by atoms with Crippen molar-refractivity contribution >= 4 is 0 Å². The van der Waals surface area contributed by atoms with Gasteiger partial charge in [-0.2, -0.15) is 5.26 Å². The normalized spacial score (nSPS) is 25.7. The number of rotatable bonds is 2. The Kier molecular flexibility index (Phi) is 3.25. The number of hydrogen-bond donors (Lipinski definition) is 0. The van der Waals surface area contributed by atoms with Gasteiger partial charge in [0, 0.05) is 13.0 Å². The molecule has 0 saturated carbocycles. The third-order valence-electron chi connectivity index (χ3n) is 1.85. The summed E-state index contributed by atoms with van der Waals surface area (Å²) in [7, 11) is 0. The summed E-state index contributed by atoms with van der Waals surface area (Å²) in [5.41, 5.74) is 0. The predicted octanol–water partition coefficient (Wildman–Crippen LogP) is 1.86. The molecule has 1 atom stereocenters. The summed E-state index contributed by atoms with van der Waals surface area (Å²) in [5.74, 6) is 0. The van der Waals surface area contributed by atoms with E-state index in [1.807, 2.05) is 0 Å². The Labute approximate surface area is 61.8 Å². The highest BCUT2D eigenvalue weighted by molar-refractivity contribution is 4.73. The lowest BCUT2D eigenvalue weighted by Gasteiger charge is -2.21. The molecule has 1 rings (SSSR count). The summed E-state index contributed by atoms with van der Waals surface area (Å²) in [4.78, 5) is 0. The van der Waals surface area contributed by atoms with Crippen LogP contribution in [-0.4, -0.2) is 12.7 Å². The third-order valence-corrected chi connectivity index (χ3v) is 1.85. The van der Waals surface area contributed by atoms with E-state index in [0.717, 1.165) is 19.4 Å². The van der Waals surface area contributed by atoms with Crippen molar-refractivity contribution in [1.29, 1.82) is 5.26 Å². The van der Waals surface area contributed by atoms with E-state index in [1.54, 1.807) is 0 Å². The lowest BCUT2D eigenvalue weighted by molar-refractivity contribution is 0.0121. The molecule has 2 nitrogen and oxygen atoms in total. The van der Waals surface area contributed by atoms with Crippen molar-refractivity contribution in [3.05, 3.63) is 0 Å². The van der Waals surface area contributed by atoms with Crippen LogP contribution in [0.5, 0.6) is 0 Å². The van der Waals surface area contributed by atoms with Gasteiger partial charge < -0.3 is 4.74 Å². The molecule has 0 aromatic rings. The monoisotopic (exact) mass is 139 g/mol. The first-order valence-corrected chi connectivity index (χ1v) is 3.92. The quantitative estimate of drug-likeness (QED) is 0.585. The summed E-state index contributed by atoms with van der Waals surface area (Å²) < 4.78 is 5.43. The second-order valence-corrected chi connectivity index (χ2v) is 2.69. The number of ether oxygens (including phenoxy) is 1. The molecule has 0 aromatic heterocycles. The minimum atomic E-state index is 0.383. The van der Waals surface area contributed by atoms with Crippen molar-refractivity contribution in [2.75, 3.05) is 6.61 Å². The molecule has 0 aromatic carbocycles. The van der Waals surface area contributed by atoms with Crippen molar-refractivity contribution in [3.8, 4) is 6.07 Å². The Balaban J connectivity index is 2.09. The van der Waals surface area contributed by atoms with Gasteiger partial charge in [-0.05, 0) is 25.7 Å². The van der Waals surface area contributed by atoms with Gasteiger partial charge in [0.15, 0.2) is 0 Å². The number of nitriles is 1. The molecule has 1 unspecified atom stereocenters. The van der Waals surface area contributed by atoms with Crippen LogP contribution >= 0.6 is 0 Å². The minimum absolute atomic E-state index is 0.383. The Morgan fingerprint density at radius 1 is 1.50 bits per heavy atom. The van der Waals surface area contributed by atoms with Crippen LogP contribution < -0.4 is 0 Å². The first kappa shape index (κ1) is 7.56. The molecule has 0 N–H and O–H groups in total. The van der Waals surface area contributed by atoms with E-state index >= 15 is 0 Å². The lowest BCUT2D eigenvalue weighted by atomic mass is 10.1. The molecule has 10 heavy (non-hydrogen) atoms. The van der Waals surface area contributed by atoms with E-state index in [1.165, 1.54) is 12.8 Å². The van der Waals surface area contributed by atoms with Crippen LogP contribution in [-0.2, 0) is 4.74 Å². The Morgan fingerprint density at radius 3 is 3.00 bits per heavy atom. The van der Waals surface area contributed by atoms with Crippen LogP contribution in [0.4, 0.5) is 0 Å². The first-order valence-electron chi connectivity index (χ1n) is 3.92. The van der Waals surface area contributed by atoms with Crippen molar-refractivity contribution in [2.45, 2.75) is 38.2 Å². The van der Waals surface area contributed by atoms with Crippen molar-refractivity contribution in [3.63, 3.8) is 0 Å². The van der Waals surface area contributed by atoms with E-state index < -0.39 is 0 Å². The molecule has 1 aliphatic heterocycles. The average Bonchev–Trinajstić information content (AvgIpc) is 2.03. The summed E-state index contributed by atoms with van der Waals surface area (Å²) in [6.07, 6.45) is 5.58. The SMILES string of the molecule is N#CCCC1CCCCO1. The Bertz CT molecular complexity index is 122. The summed E-state index contributed by atoms with van der Waals surface area (Å²) in [6, 6.07) is 2.13. The van der Waals surface area contributed by atoms with Crippen LogP contribution in [0.1, 0.15) is 32.1 Å². The van der Waals surface area contributed by atoms with Crippen molar-refractivity contribution in [1.82, 2.24) is 0 Å². The van der Waals surface area contributed by atoms with E-state index in [0.29, 0.717) is 12.5 Å². The Hall–Kier alpha value is -0.550. The molecular weight excluding hydrogens is 126 g/mol. The molecule has 0 radical (unpaired) electrons.